The Bertz CT molecular complexity index is 267. The molecular formula is C11H19NO4. The second-order valence-electron chi connectivity index (χ2n) is 4.72. The SMILES string of the molecule is CO[C@@H]1CN(C(=O)C(O)C2CCC2)C[C@H]1O. The van der Waals surface area contributed by atoms with Crippen LogP contribution in [0.15, 0.2) is 0 Å². The van der Waals surface area contributed by atoms with Crippen LogP contribution in [-0.4, -0.2) is 59.5 Å². The van der Waals surface area contributed by atoms with Crippen molar-refractivity contribution < 1.29 is 19.7 Å². The molecule has 2 N–H and O–H groups in total. The summed E-state index contributed by atoms with van der Waals surface area (Å²) in [5, 5.41) is 19.4. The predicted molar refractivity (Wildman–Crippen MR) is 56.7 cm³/mol. The Kier molecular flexibility index (Phi) is 3.47. The Morgan fingerprint density at radius 1 is 1.44 bits per heavy atom. The number of likely N-dealkylation sites (tertiary alicyclic amines) is 1. The van der Waals surface area contributed by atoms with Gasteiger partial charge >= 0.3 is 0 Å². The lowest BCUT2D eigenvalue weighted by atomic mass is 9.81. The molecule has 3 atom stereocenters. The molecule has 1 saturated carbocycles. The minimum atomic E-state index is -0.892. The number of carbonyl (C=O) groups excluding carboxylic acids is 1. The molecule has 92 valence electrons. The first-order valence-electron chi connectivity index (χ1n) is 5.81. The summed E-state index contributed by atoms with van der Waals surface area (Å²) in [5.74, 6) is -0.144. The van der Waals surface area contributed by atoms with Gasteiger partial charge in [0.1, 0.15) is 12.2 Å². The Balaban J connectivity index is 1.90. The number of β-amino-alcohol motifs (C(OH)–C–C–N with tert-alkyl or cyclic N) is 1. The normalized spacial score (nSPS) is 32.6. The van der Waals surface area contributed by atoms with Crippen LogP contribution in [0.1, 0.15) is 19.3 Å². The molecule has 2 rings (SSSR count). The summed E-state index contributed by atoms with van der Waals surface area (Å²) >= 11 is 0. The second-order valence-corrected chi connectivity index (χ2v) is 4.72. The molecule has 1 saturated heterocycles. The maximum absolute atomic E-state index is 11.9. The summed E-state index contributed by atoms with van der Waals surface area (Å²) < 4.78 is 5.06. The highest BCUT2D eigenvalue weighted by molar-refractivity contribution is 5.81. The quantitative estimate of drug-likeness (QED) is 0.675. The Labute approximate surface area is 95.0 Å². The maximum Gasteiger partial charge on any atom is 0.251 e. The van der Waals surface area contributed by atoms with Gasteiger partial charge in [-0.1, -0.05) is 6.42 Å². The van der Waals surface area contributed by atoms with E-state index in [9.17, 15) is 15.0 Å². The lowest BCUT2D eigenvalue weighted by Crippen LogP contribution is -2.44. The third-order valence-corrected chi connectivity index (χ3v) is 3.70. The van der Waals surface area contributed by atoms with Crippen LogP contribution in [0.4, 0.5) is 0 Å². The van der Waals surface area contributed by atoms with Gasteiger partial charge in [0.15, 0.2) is 0 Å². The van der Waals surface area contributed by atoms with Crippen molar-refractivity contribution in [2.24, 2.45) is 5.92 Å². The lowest BCUT2D eigenvalue weighted by Gasteiger charge is -2.31. The van der Waals surface area contributed by atoms with E-state index in [1.54, 1.807) is 0 Å². The zero-order valence-electron chi connectivity index (χ0n) is 9.50. The van der Waals surface area contributed by atoms with Gasteiger partial charge in [-0.25, -0.2) is 0 Å². The van der Waals surface area contributed by atoms with Crippen molar-refractivity contribution >= 4 is 5.91 Å². The van der Waals surface area contributed by atoms with Gasteiger partial charge in [-0.3, -0.25) is 4.79 Å². The van der Waals surface area contributed by atoms with E-state index < -0.39 is 12.2 Å². The number of carbonyl (C=O) groups is 1. The molecule has 2 fully saturated rings. The van der Waals surface area contributed by atoms with Crippen molar-refractivity contribution in [2.45, 2.75) is 37.6 Å². The van der Waals surface area contributed by atoms with Crippen molar-refractivity contribution in [2.75, 3.05) is 20.2 Å². The van der Waals surface area contributed by atoms with Gasteiger partial charge in [0, 0.05) is 20.2 Å². The largest absolute Gasteiger partial charge is 0.388 e. The highest BCUT2D eigenvalue weighted by atomic mass is 16.5. The highest BCUT2D eigenvalue weighted by Crippen LogP contribution is 2.30. The molecule has 0 aromatic heterocycles. The van der Waals surface area contributed by atoms with E-state index in [4.69, 9.17) is 4.74 Å². The number of hydrogen-bond donors (Lipinski definition) is 2. The van der Waals surface area contributed by atoms with Crippen LogP contribution >= 0.6 is 0 Å². The van der Waals surface area contributed by atoms with Crippen LogP contribution in [0.3, 0.4) is 0 Å². The summed E-state index contributed by atoms with van der Waals surface area (Å²) in [6, 6.07) is 0. The Morgan fingerprint density at radius 3 is 2.56 bits per heavy atom. The molecule has 0 bridgehead atoms. The number of aliphatic hydroxyl groups is 2. The van der Waals surface area contributed by atoms with Crippen molar-refractivity contribution in [1.29, 1.82) is 0 Å². The predicted octanol–water partition coefficient (Wildman–Crippen LogP) is -0.635. The molecule has 1 aliphatic heterocycles. The molecule has 1 amide bonds. The molecule has 5 heteroatoms. The van der Waals surface area contributed by atoms with E-state index >= 15 is 0 Å². The van der Waals surface area contributed by atoms with Crippen molar-refractivity contribution in [3.05, 3.63) is 0 Å². The minimum Gasteiger partial charge on any atom is -0.388 e. The van der Waals surface area contributed by atoms with E-state index in [0.29, 0.717) is 6.54 Å². The molecule has 16 heavy (non-hydrogen) atoms. The number of amides is 1. The number of rotatable bonds is 3. The molecule has 0 aromatic carbocycles. The molecule has 1 aliphatic carbocycles. The number of hydrogen-bond acceptors (Lipinski definition) is 4. The molecule has 0 aromatic rings. The fraction of sp³-hybridized carbons (Fsp3) is 0.909. The van der Waals surface area contributed by atoms with Gasteiger partial charge in [-0.05, 0) is 18.8 Å². The van der Waals surface area contributed by atoms with Crippen LogP contribution in [-0.2, 0) is 9.53 Å². The summed E-state index contributed by atoms with van der Waals surface area (Å²) in [5.41, 5.74) is 0. The van der Waals surface area contributed by atoms with Gasteiger partial charge in [-0.15, -0.1) is 0 Å². The lowest BCUT2D eigenvalue weighted by molar-refractivity contribution is -0.144. The second kappa shape index (κ2) is 4.69. The third kappa shape index (κ3) is 2.07. The van der Waals surface area contributed by atoms with Crippen LogP contribution in [0, 0.1) is 5.92 Å². The van der Waals surface area contributed by atoms with Crippen molar-refractivity contribution in [3.63, 3.8) is 0 Å². The Morgan fingerprint density at radius 2 is 2.12 bits per heavy atom. The average Bonchev–Trinajstić information content (AvgIpc) is 2.55. The molecule has 5 nitrogen and oxygen atoms in total. The van der Waals surface area contributed by atoms with Crippen molar-refractivity contribution in [1.82, 2.24) is 4.90 Å². The summed E-state index contributed by atoms with van der Waals surface area (Å²) in [4.78, 5) is 13.4. The summed E-state index contributed by atoms with van der Waals surface area (Å²) in [7, 11) is 1.52. The summed E-state index contributed by atoms with van der Waals surface area (Å²) in [6.45, 7) is 0.640. The number of nitrogens with zero attached hydrogens (tertiary/aromatic N) is 1. The molecular weight excluding hydrogens is 210 g/mol. The fourth-order valence-electron chi connectivity index (χ4n) is 2.31. The van der Waals surface area contributed by atoms with Crippen molar-refractivity contribution in [3.8, 4) is 0 Å². The van der Waals surface area contributed by atoms with Gasteiger partial charge in [-0.2, -0.15) is 0 Å². The molecule has 2 aliphatic rings. The Hall–Kier alpha value is -0.650. The van der Waals surface area contributed by atoms with Crippen LogP contribution in [0.25, 0.3) is 0 Å². The summed E-state index contributed by atoms with van der Waals surface area (Å²) in [6.07, 6.45) is 1.10. The first-order chi connectivity index (χ1) is 7.63. The standard InChI is InChI=1S/C11H19NO4/c1-16-9-6-12(5-8(9)13)11(15)10(14)7-3-2-4-7/h7-10,13-14H,2-6H2,1H3/t8-,9-,10?/m1/s1. The maximum atomic E-state index is 11.9. The van der Waals surface area contributed by atoms with E-state index in [1.165, 1.54) is 12.0 Å². The fourth-order valence-corrected chi connectivity index (χ4v) is 2.31. The van der Waals surface area contributed by atoms with Crippen LogP contribution in [0.2, 0.25) is 0 Å². The van der Waals surface area contributed by atoms with Crippen LogP contribution < -0.4 is 0 Å². The number of methoxy groups -OCH3 is 1. The van der Waals surface area contributed by atoms with E-state index in [1.807, 2.05) is 0 Å². The topological polar surface area (TPSA) is 70.0 Å². The third-order valence-electron chi connectivity index (χ3n) is 3.70. The van der Waals surface area contributed by atoms with Gasteiger partial charge in [0.25, 0.3) is 5.91 Å². The average molecular weight is 229 g/mol. The van der Waals surface area contributed by atoms with Gasteiger partial charge < -0.3 is 19.8 Å². The monoisotopic (exact) mass is 229 g/mol. The van der Waals surface area contributed by atoms with E-state index in [2.05, 4.69) is 0 Å². The molecule has 1 heterocycles. The molecule has 0 radical (unpaired) electrons. The van der Waals surface area contributed by atoms with Gasteiger partial charge in [0.2, 0.25) is 0 Å². The molecule has 0 spiro atoms. The number of aliphatic hydroxyl groups excluding tert-OH is 2. The van der Waals surface area contributed by atoms with Gasteiger partial charge in [0.05, 0.1) is 6.10 Å². The molecule has 1 unspecified atom stereocenters. The first kappa shape index (κ1) is 11.8. The van der Waals surface area contributed by atoms with E-state index in [-0.39, 0.29) is 24.5 Å². The zero-order valence-corrected chi connectivity index (χ0v) is 9.50. The van der Waals surface area contributed by atoms with E-state index in [0.717, 1.165) is 19.3 Å². The van der Waals surface area contributed by atoms with Crippen LogP contribution in [0.5, 0.6) is 0 Å². The number of ether oxygens (including phenoxy) is 1. The first-order valence-corrected chi connectivity index (χ1v) is 5.81. The minimum absolute atomic E-state index is 0.117. The zero-order chi connectivity index (χ0) is 11.7. The smallest absolute Gasteiger partial charge is 0.251 e. The highest BCUT2D eigenvalue weighted by Gasteiger charge is 2.39.